The highest BCUT2D eigenvalue weighted by Gasteiger charge is 2.20. The van der Waals surface area contributed by atoms with Gasteiger partial charge in [0.1, 0.15) is 0 Å². The molecule has 0 saturated heterocycles. The Balaban J connectivity index is 3.11. The SMILES string of the molecule is CCc1ccc(CNC)cc1S(=O)(=O)NC(C)CSC. The van der Waals surface area contributed by atoms with E-state index >= 15 is 0 Å². The summed E-state index contributed by atoms with van der Waals surface area (Å²) in [6.07, 6.45) is 2.67. The fourth-order valence-electron chi connectivity index (χ4n) is 2.07. The van der Waals surface area contributed by atoms with Gasteiger partial charge < -0.3 is 5.32 Å². The summed E-state index contributed by atoms with van der Waals surface area (Å²) in [6, 6.07) is 5.57. The van der Waals surface area contributed by atoms with Gasteiger partial charge in [0, 0.05) is 18.3 Å². The highest BCUT2D eigenvalue weighted by molar-refractivity contribution is 7.98. The van der Waals surface area contributed by atoms with Crippen LogP contribution in [0.25, 0.3) is 0 Å². The first-order chi connectivity index (χ1) is 9.44. The molecule has 0 aliphatic heterocycles. The van der Waals surface area contributed by atoms with Crippen molar-refractivity contribution in [1.29, 1.82) is 0 Å². The number of nitrogens with one attached hydrogen (secondary N) is 2. The molecule has 0 aliphatic carbocycles. The molecule has 1 rings (SSSR count). The van der Waals surface area contributed by atoms with Gasteiger partial charge in [-0.25, -0.2) is 13.1 Å². The van der Waals surface area contributed by atoms with E-state index in [9.17, 15) is 8.42 Å². The molecule has 0 bridgehead atoms. The molecule has 0 saturated carbocycles. The molecule has 4 nitrogen and oxygen atoms in total. The lowest BCUT2D eigenvalue weighted by molar-refractivity contribution is 0.569. The second-order valence-electron chi connectivity index (χ2n) is 4.80. The molecule has 6 heteroatoms. The number of hydrogen-bond donors (Lipinski definition) is 2. The molecular weight excluding hydrogens is 292 g/mol. The van der Waals surface area contributed by atoms with E-state index in [0.29, 0.717) is 17.9 Å². The summed E-state index contributed by atoms with van der Waals surface area (Å²) in [5.74, 6) is 0.761. The summed E-state index contributed by atoms with van der Waals surface area (Å²) in [6.45, 7) is 4.52. The topological polar surface area (TPSA) is 58.2 Å². The van der Waals surface area contributed by atoms with E-state index in [-0.39, 0.29) is 6.04 Å². The Morgan fingerprint density at radius 1 is 1.35 bits per heavy atom. The zero-order valence-electron chi connectivity index (χ0n) is 12.6. The van der Waals surface area contributed by atoms with Crippen molar-refractivity contribution in [1.82, 2.24) is 10.0 Å². The number of hydrogen-bond acceptors (Lipinski definition) is 4. The van der Waals surface area contributed by atoms with E-state index in [2.05, 4.69) is 10.0 Å². The van der Waals surface area contributed by atoms with E-state index in [4.69, 9.17) is 0 Å². The van der Waals surface area contributed by atoms with Gasteiger partial charge in [-0.2, -0.15) is 11.8 Å². The van der Waals surface area contributed by atoms with Crippen molar-refractivity contribution in [3.05, 3.63) is 29.3 Å². The molecule has 0 heterocycles. The van der Waals surface area contributed by atoms with Crippen LogP contribution < -0.4 is 10.0 Å². The largest absolute Gasteiger partial charge is 0.316 e. The fraction of sp³-hybridized carbons (Fsp3) is 0.571. The van der Waals surface area contributed by atoms with Crippen molar-refractivity contribution in [3.8, 4) is 0 Å². The number of benzene rings is 1. The molecule has 114 valence electrons. The van der Waals surface area contributed by atoms with Crippen molar-refractivity contribution in [2.75, 3.05) is 19.1 Å². The molecule has 0 fully saturated rings. The molecule has 2 N–H and O–H groups in total. The van der Waals surface area contributed by atoms with Crippen molar-refractivity contribution in [3.63, 3.8) is 0 Å². The van der Waals surface area contributed by atoms with Crippen LogP contribution in [0.4, 0.5) is 0 Å². The summed E-state index contributed by atoms with van der Waals surface area (Å²) in [5, 5.41) is 3.04. The van der Waals surface area contributed by atoms with Gasteiger partial charge in [0.25, 0.3) is 0 Å². The van der Waals surface area contributed by atoms with Crippen molar-refractivity contribution in [2.45, 2.75) is 37.8 Å². The maximum atomic E-state index is 12.5. The molecule has 0 aromatic heterocycles. The van der Waals surface area contributed by atoms with E-state index < -0.39 is 10.0 Å². The molecular formula is C14H24N2O2S2. The molecule has 1 atom stereocenters. The minimum absolute atomic E-state index is 0.0762. The molecule has 0 radical (unpaired) electrons. The summed E-state index contributed by atoms with van der Waals surface area (Å²) < 4.78 is 27.8. The quantitative estimate of drug-likeness (QED) is 0.770. The second kappa shape index (κ2) is 8.02. The van der Waals surface area contributed by atoms with Gasteiger partial charge >= 0.3 is 0 Å². The van der Waals surface area contributed by atoms with Crippen molar-refractivity contribution < 1.29 is 8.42 Å². The number of sulfonamides is 1. The lowest BCUT2D eigenvalue weighted by Gasteiger charge is -2.16. The van der Waals surface area contributed by atoms with Gasteiger partial charge in [-0.3, -0.25) is 0 Å². The van der Waals surface area contributed by atoms with Crippen molar-refractivity contribution in [2.24, 2.45) is 0 Å². The fourth-order valence-corrected chi connectivity index (χ4v) is 4.36. The first-order valence-electron chi connectivity index (χ1n) is 6.72. The Morgan fingerprint density at radius 2 is 2.05 bits per heavy atom. The molecule has 0 aliphatic rings. The van der Waals surface area contributed by atoms with E-state index in [1.165, 1.54) is 0 Å². The van der Waals surface area contributed by atoms with E-state index in [0.717, 1.165) is 16.9 Å². The predicted octanol–water partition coefficient (Wildman–Crippen LogP) is 2.00. The predicted molar refractivity (Wildman–Crippen MR) is 86.7 cm³/mol. The van der Waals surface area contributed by atoms with Gasteiger partial charge in [-0.1, -0.05) is 19.1 Å². The lowest BCUT2D eigenvalue weighted by Crippen LogP contribution is -2.34. The first kappa shape index (κ1) is 17.5. The highest BCUT2D eigenvalue weighted by atomic mass is 32.2. The van der Waals surface area contributed by atoms with Crippen LogP contribution in [-0.2, 0) is 23.0 Å². The van der Waals surface area contributed by atoms with Crippen LogP contribution in [0, 0.1) is 0 Å². The van der Waals surface area contributed by atoms with Crippen LogP contribution in [0.5, 0.6) is 0 Å². The number of aryl methyl sites for hydroxylation is 1. The second-order valence-corrected chi connectivity index (χ2v) is 7.40. The Labute approximate surface area is 126 Å². The zero-order chi connectivity index (χ0) is 15.2. The molecule has 1 unspecified atom stereocenters. The van der Waals surface area contributed by atoms with Gasteiger partial charge in [-0.15, -0.1) is 0 Å². The molecule has 1 aromatic carbocycles. The van der Waals surface area contributed by atoms with Crippen molar-refractivity contribution >= 4 is 21.8 Å². The van der Waals surface area contributed by atoms with Gasteiger partial charge in [0.05, 0.1) is 4.90 Å². The molecule has 1 aromatic rings. The van der Waals surface area contributed by atoms with Crippen LogP contribution in [0.3, 0.4) is 0 Å². The van der Waals surface area contributed by atoms with Crippen LogP contribution in [0.2, 0.25) is 0 Å². The summed E-state index contributed by atoms with van der Waals surface area (Å²) >= 11 is 1.63. The standard InChI is InChI=1S/C14H24N2O2S2/c1-5-13-7-6-12(9-15-3)8-14(13)20(17,18)16-11(2)10-19-4/h6-8,11,15-16H,5,9-10H2,1-4H3. The highest BCUT2D eigenvalue weighted by Crippen LogP contribution is 2.19. The van der Waals surface area contributed by atoms with Gasteiger partial charge in [-0.05, 0) is 43.8 Å². The smallest absolute Gasteiger partial charge is 0.241 e. The number of thioether (sulfide) groups is 1. The van der Waals surface area contributed by atoms with E-state index in [1.54, 1.807) is 17.8 Å². The third-order valence-corrected chi connectivity index (χ3v) is 5.46. The Hall–Kier alpha value is -0.560. The normalized spacial score (nSPS) is 13.4. The Morgan fingerprint density at radius 3 is 2.60 bits per heavy atom. The zero-order valence-corrected chi connectivity index (χ0v) is 14.2. The van der Waals surface area contributed by atoms with Crippen LogP contribution >= 0.6 is 11.8 Å². The van der Waals surface area contributed by atoms with E-state index in [1.807, 2.05) is 39.3 Å². The average molecular weight is 316 g/mol. The Bertz CT molecular complexity index is 530. The van der Waals surface area contributed by atoms with Crippen LogP contribution in [0.1, 0.15) is 25.0 Å². The summed E-state index contributed by atoms with van der Waals surface area (Å²) in [5.41, 5.74) is 1.83. The number of rotatable bonds is 8. The van der Waals surface area contributed by atoms with Crippen LogP contribution in [-0.4, -0.2) is 33.5 Å². The first-order valence-corrected chi connectivity index (χ1v) is 9.60. The van der Waals surface area contributed by atoms with Gasteiger partial charge in [0.15, 0.2) is 0 Å². The maximum Gasteiger partial charge on any atom is 0.241 e. The minimum Gasteiger partial charge on any atom is -0.316 e. The maximum absolute atomic E-state index is 12.5. The average Bonchev–Trinajstić information content (AvgIpc) is 2.38. The summed E-state index contributed by atoms with van der Waals surface area (Å²) in [4.78, 5) is 0.403. The molecule has 0 spiro atoms. The van der Waals surface area contributed by atoms with Gasteiger partial charge in [0.2, 0.25) is 10.0 Å². The molecule has 0 amide bonds. The third-order valence-electron chi connectivity index (χ3n) is 2.96. The monoisotopic (exact) mass is 316 g/mol. The Kier molecular flexibility index (Phi) is 7.02. The van der Waals surface area contributed by atoms with Crippen LogP contribution in [0.15, 0.2) is 23.1 Å². The third kappa shape index (κ3) is 4.77. The minimum atomic E-state index is -3.46. The summed E-state index contributed by atoms with van der Waals surface area (Å²) in [7, 11) is -1.61. The molecule has 20 heavy (non-hydrogen) atoms. The lowest BCUT2D eigenvalue weighted by atomic mass is 10.1.